The maximum absolute atomic E-state index is 13.2. The molecule has 2 aromatic heterocycles. The molecule has 164 valence electrons. The monoisotopic (exact) mass is 458 g/mol. The average molecular weight is 458 g/mol. The zero-order valence-corrected chi connectivity index (χ0v) is 17.3. The standard InChI is InChI=1S/C22H17F3N4O2S/c23-22(24,25)11-4-3-5-12(10-11)29-20(31)16(19(30)28-21(29)32)18-17-14(8-9-26-18)13-6-1-2-7-15(13)27-17/h1-7,10,18,26-27,31H,8-9H2,(H,28,30,32). The van der Waals surface area contributed by atoms with Gasteiger partial charge in [0, 0.05) is 23.1 Å². The lowest BCUT2D eigenvalue weighted by Gasteiger charge is -2.25. The molecule has 0 saturated heterocycles. The van der Waals surface area contributed by atoms with E-state index in [1.807, 2.05) is 24.3 Å². The Morgan fingerprint density at radius 1 is 1.09 bits per heavy atom. The first-order valence-corrected chi connectivity index (χ1v) is 10.2. The molecule has 1 aliphatic heterocycles. The van der Waals surface area contributed by atoms with E-state index in [4.69, 9.17) is 12.2 Å². The van der Waals surface area contributed by atoms with Crippen LogP contribution in [0.1, 0.15) is 28.4 Å². The summed E-state index contributed by atoms with van der Waals surface area (Å²) in [6.45, 7) is 0.553. The lowest BCUT2D eigenvalue weighted by atomic mass is 9.95. The van der Waals surface area contributed by atoms with E-state index in [1.54, 1.807) is 0 Å². The second-order valence-electron chi connectivity index (χ2n) is 7.58. The number of nitrogens with one attached hydrogen (secondary N) is 3. The van der Waals surface area contributed by atoms with Crippen LogP contribution in [-0.4, -0.2) is 26.2 Å². The van der Waals surface area contributed by atoms with Crippen LogP contribution in [0, 0.1) is 4.77 Å². The predicted molar refractivity (Wildman–Crippen MR) is 116 cm³/mol. The van der Waals surface area contributed by atoms with Gasteiger partial charge in [-0.05, 0) is 48.5 Å². The van der Waals surface area contributed by atoms with E-state index >= 15 is 0 Å². The van der Waals surface area contributed by atoms with Gasteiger partial charge in [0.2, 0.25) is 5.88 Å². The van der Waals surface area contributed by atoms with Crippen LogP contribution in [0.3, 0.4) is 0 Å². The van der Waals surface area contributed by atoms with Crippen LogP contribution in [0.15, 0.2) is 53.3 Å². The number of aromatic amines is 2. The van der Waals surface area contributed by atoms with E-state index in [0.29, 0.717) is 6.54 Å². The lowest BCUT2D eigenvalue weighted by molar-refractivity contribution is -0.137. The van der Waals surface area contributed by atoms with Gasteiger partial charge in [0.15, 0.2) is 4.77 Å². The van der Waals surface area contributed by atoms with Crippen molar-refractivity contribution in [3.8, 4) is 11.6 Å². The summed E-state index contributed by atoms with van der Waals surface area (Å²) in [4.78, 5) is 18.7. The topological polar surface area (TPSA) is 85.8 Å². The number of benzene rings is 2. The SMILES string of the molecule is O=c1[nH]c(=S)n(-c2cccc(C(F)(F)F)c2)c(O)c1C1NCCc2c1[nH]c1ccccc21. The number of fused-ring (bicyclic) bond motifs is 3. The third-order valence-corrected chi connectivity index (χ3v) is 5.98. The minimum absolute atomic E-state index is 0.00694. The highest BCUT2D eigenvalue weighted by molar-refractivity contribution is 7.71. The summed E-state index contributed by atoms with van der Waals surface area (Å²) in [6.07, 6.45) is -3.84. The minimum Gasteiger partial charge on any atom is -0.494 e. The first-order valence-electron chi connectivity index (χ1n) is 9.84. The van der Waals surface area contributed by atoms with Crippen molar-refractivity contribution in [2.24, 2.45) is 0 Å². The normalized spacial score (nSPS) is 16.3. The van der Waals surface area contributed by atoms with Gasteiger partial charge in [-0.15, -0.1) is 0 Å². The smallest absolute Gasteiger partial charge is 0.416 e. The van der Waals surface area contributed by atoms with E-state index in [0.717, 1.165) is 45.3 Å². The maximum atomic E-state index is 13.2. The summed E-state index contributed by atoms with van der Waals surface area (Å²) in [5.41, 5.74) is 1.11. The Balaban J connectivity index is 1.72. The third-order valence-electron chi connectivity index (χ3n) is 5.70. The first-order chi connectivity index (χ1) is 15.3. The van der Waals surface area contributed by atoms with E-state index in [2.05, 4.69) is 15.3 Å². The molecule has 1 unspecified atom stereocenters. The molecule has 1 atom stereocenters. The maximum Gasteiger partial charge on any atom is 0.416 e. The highest BCUT2D eigenvalue weighted by Crippen LogP contribution is 2.36. The lowest BCUT2D eigenvalue weighted by Crippen LogP contribution is -2.35. The van der Waals surface area contributed by atoms with Gasteiger partial charge in [-0.3, -0.25) is 14.3 Å². The molecule has 32 heavy (non-hydrogen) atoms. The van der Waals surface area contributed by atoms with Gasteiger partial charge in [-0.1, -0.05) is 24.3 Å². The van der Waals surface area contributed by atoms with Crippen LogP contribution >= 0.6 is 12.2 Å². The van der Waals surface area contributed by atoms with Gasteiger partial charge < -0.3 is 15.4 Å². The van der Waals surface area contributed by atoms with E-state index in [1.165, 1.54) is 12.1 Å². The van der Waals surface area contributed by atoms with Crippen LogP contribution in [0.5, 0.6) is 5.88 Å². The quantitative estimate of drug-likeness (QED) is 0.337. The number of H-pyrrole nitrogens is 2. The molecular formula is C22H17F3N4O2S. The fraction of sp³-hybridized carbons (Fsp3) is 0.182. The number of hydrogen-bond donors (Lipinski definition) is 4. The van der Waals surface area contributed by atoms with Crippen molar-refractivity contribution >= 4 is 23.1 Å². The molecule has 2 aromatic carbocycles. The number of aromatic hydroxyl groups is 1. The summed E-state index contributed by atoms with van der Waals surface area (Å²) >= 11 is 5.17. The number of aromatic nitrogens is 3. The number of nitrogens with zero attached hydrogens (tertiary/aromatic N) is 1. The van der Waals surface area contributed by atoms with Gasteiger partial charge in [-0.2, -0.15) is 13.2 Å². The molecule has 5 rings (SSSR count). The van der Waals surface area contributed by atoms with Crippen LogP contribution < -0.4 is 10.9 Å². The number of para-hydroxylation sites is 1. The summed E-state index contributed by atoms with van der Waals surface area (Å²) in [5.74, 6) is -0.512. The zero-order valence-electron chi connectivity index (χ0n) is 16.5. The van der Waals surface area contributed by atoms with Gasteiger partial charge in [0.05, 0.1) is 17.3 Å². The van der Waals surface area contributed by atoms with Crippen molar-refractivity contribution in [1.82, 2.24) is 19.9 Å². The first kappa shape index (κ1) is 20.5. The van der Waals surface area contributed by atoms with Crippen molar-refractivity contribution < 1.29 is 18.3 Å². The molecule has 4 aromatic rings. The van der Waals surface area contributed by atoms with Crippen molar-refractivity contribution in [1.29, 1.82) is 0 Å². The number of rotatable bonds is 2. The largest absolute Gasteiger partial charge is 0.494 e. The Morgan fingerprint density at radius 3 is 2.66 bits per heavy atom. The average Bonchev–Trinajstić information content (AvgIpc) is 3.13. The Bertz CT molecular complexity index is 1470. The summed E-state index contributed by atoms with van der Waals surface area (Å²) in [5, 5.41) is 15.3. The van der Waals surface area contributed by atoms with Crippen molar-refractivity contribution in [3.63, 3.8) is 0 Å². The minimum atomic E-state index is -4.57. The highest BCUT2D eigenvalue weighted by Gasteiger charge is 2.33. The second-order valence-corrected chi connectivity index (χ2v) is 7.97. The van der Waals surface area contributed by atoms with E-state index in [9.17, 15) is 23.1 Å². The molecule has 10 heteroatoms. The molecule has 0 radical (unpaired) electrons. The van der Waals surface area contributed by atoms with Gasteiger partial charge in [0.1, 0.15) is 5.56 Å². The molecule has 6 nitrogen and oxygen atoms in total. The Labute approximate surface area is 184 Å². The fourth-order valence-electron chi connectivity index (χ4n) is 4.29. The molecule has 3 heterocycles. The third kappa shape index (κ3) is 3.23. The number of halogens is 3. The van der Waals surface area contributed by atoms with Crippen LogP contribution in [-0.2, 0) is 12.6 Å². The molecule has 0 bridgehead atoms. The van der Waals surface area contributed by atoms with Crippen LogP contribution in [0.2, 0.25) is 0 Å². The molecule has 0 aliphatic carbocycles. The van der Waals surface area contributed by atoms with Crippen molar-refractivity contribution in [2.45, 2.75) is 18.6 Å². The Kier molecular flexibility index (Phi) is 4.72. The molecule has 0 saturated carbocycles. The van der Waals surface area contributed by atoms with Gasteiger partial charge in [0.25, 0.3) is 5.56 Å². The molecule has 1 aliphatic rings. The molecule has 0 fully saturated rings. The number of alkyl halides is 3. The molecule has 0 amide bonds. The Morgan fingerprint density at radius 2 is 1.88 bits per heavy atom. The van der Waals surface area contributed by atoms with Crippen molar-refractivity contribution in [2.75, 3.05) is 6.54 Å². The second kappa shape index (κ2) is 7.35. The summed E-state index contributed by atoms with van der Waals surface area (Å²) in [6, 6.07) is 11.4. The van der Waals surface area contributed by atoms with Gasteiger partial charge in [-0.25, -0.2) is 0 Å². The van der Waals surface area contributed by atoms with E-state index < -0.39 is 29.2 Å². The molecule has 0 spiro atoms. The zero-order chi connectivity index (χ0) is 22.6. The fourth-order valence-corrected chi connectivity index (χ4v) is 4.57. The summed E-state index contributed by atoms with van der Waals surface area (Å²) < 4.78 is 40.5. The van der Waals surface area contributed by atoms with Gasteiger partial charge >= 0.3 is 6.18 Å². The van der Waals surface area contributed by atoms with Crippen molar-refractivity contribution in [3.05, 3.63) is 86.0 Å². The number of hydrogen-bond acceptors (Lipinski definition) is 4. The van der Waals surface area contributed by atoms with Crippen LogP contribution in [0.4, 0.5) is 13.2 Å². The molecular weight excluding hydrogens is 441 g/mol. The Hall–Kier alpha value is -3.37. The molecule has 4 N–H and O–H groups in total. The highest BCUT2D eigenvalue weighted by atomic mass is 32.1. The van der Waals surface area contributed by atoms with Crippen LogP contribution in [0.25, 0.3) is 16.6 Å². The van der Waals surface area contributed by atoms with E-state index in [-0.39, 0.29) is 16.0 Å². The summed E-state index contributed by atoms with van der Waals surface area (Å²) in [7, 11) is 0. The predicted octanol–water partition coefficient (Wildman–Crippen LogP) is 4.34.